The molecule has 1 aliphatic carbocycles. The van der Waals surface area contributed by atoms with Gasteiger partial charge >= 0.3 is 5.97 Å². The quantitative estimate of drug-likeness (QED) is 0.711. The fourth-order valence-corrected chi connectivity index (χ4v) is 3.11. The molecule has 0 bridgehead atoms. The molecule has 2 N–H and O–H groups in total. The Kier molecular flexibility index (Phi) is 4.97. The molecule has 3 rings (SSSR count). The lowest BCUT2D eigenvalue weighted by Gasteiger charge is -2.21. The van der Waals surface area contributed by atoms with E-state index in [4.69, 9.17) is 9.84 Å². The van der Waals surface area contributed by atoms with E-state index in [1.54, 1.807) is 0 Å². The lowest BCUT2D eigenvalue weighted by atomic mass is 9.94. The van der Waals surface area contributed by atoms with Gasteiger partial charge in [0.05, 0.1) is 13.2 Å². The third-order valence-corrected chi connectivity index (χ3v) is 4.25. The van der Waals surface area contributed by atoms with E-state index in [-0.39, 0.29) is 6.04 Å². The van der Waals surface area contributed by atoms with Crippen LogP contribution in [0, 0.1) is 11.8 Å². The van der Waals surface area contributed by atoms with Crippen LogP contribution in [0.25, 0.3) is 0 Å². The van der Waals surface area contributed by atoms with Gasteiger partial charge in [0, 0.05) is 13.1 Å². The molecule has 3 aliphatic rings. The van der Waals surface area contributed by atoms with E-state index < -0.39 is 5.97 Å². The standard InChI is InChI=1S/C8H13NO2.C5H11NO/c10-8(11)7-6-3-1-2-5(6)4-9-7;1-6-2-4-7-5-3-6/h5-7,9H,1-4H2,(H,10,11);2-5H2,1H3. The molecule has 5 heteroatoms. The second-order valence-corrected chi connectivity index (χ2v) is 5.49. The molecule has 2 heterocycles. The minimum atomic E-state index is -0.667. The molecule has 0 aromatic rings. The summed E-state index contributed by atoms with van der Waals surface area (Å²) in [6.07, 6.45) is 3.55. The van der Waals surface area contributed by atoms with E-state index in [1.807, 2.05) is 0 Å². The van der Waals surface area contributed by atoms with E-state index in [1.165, 1.54) is 12.8 Å². The number of fused-ring (bicyclic) bond motifs is 1. The van der Waals surface area contributed by atoms with Gasteiger partial charge in [-0.2, -0.15) is 0 Å². The van der Waals surface area contributed by atoms with Gasteiger partial charge in [-0.1, -0.05) is 6.42 Å². The summed E-state index contributed by atoms with van der Waals surface area (Å²) >= 11 is 0. The molecule has 104 valence electrons. The topological polar surface area (TPSA) is 61.8 Å². The maximum absolute atomic E-state index is 10.7. The molecule has 5 nitrogen and oxygen atoms in total. The van der Waals surface area contributed by atoms with Gasteiger partial charge in [0.25, 0.3) is 0 Å². The summed E-state index contributed by atoms with van der Waals surface area (Å²) < 4.78 is 5.10. The van der Waals surface area contributed by atoms with Gasteiger partial charge in [-0.05, 0) is 38.3 Å². The Morgan fingerprint density at radius 1 is 1.33 bits per heavy atom. The van der Waals surface area contributed by atoms with Gasteiger partial charge in [0.1, 0.15) is 6.04 Å². The predicted octanol–water partition coefficient (Wildman–Crippen LogP) is 0.408. The minimum Gasteiger partial charge on any atom is -0.480 e. The third kappa shape index (κ3) is 3.43. The number of ether oxygens (including phenoxy) is 1. The maximum Gasteiger partial charge on any atom is 0.320 e. The summed E-state index contributed by atoms with van der Waals surface area (Å²) in [7, 11) is 2.11. The lowest BCUT2D eigenvalue weighted by molar-refractivity contribution is -0.140. The van der Waals surface area contributed by atoms with Crippen molar-refractivity contribution in [1.29, 1.82) is 0 Å². The first-order chi connectivity index (χ1) is 8.68. The lowest BCUT2D eigenvalue weighted by Crippen LogP contribution is -2.35. The Bertz CT molecular complexity index is 279. The number of carboxylic acids is 1. The van der Waals surface area contributed by atoms with Crippen LogP contribution in [-0.4, -0.2) is 61.9 Å². The van der Waals surface area contributed by atoms with Crippen molar-refractivity contribution in [2.24, 2.45) is 11.8 Å². The Balaban J connectivity index is 0.000000149. The molecule has 0 radical (unpaired) electrons. The van der Waals surface area contributed by atoms with Crippen LogP contribution in [0.3, 0.4) is 0 Å². The molecule has 2 saturated heterocycles. The van der Waals surface area contributed by atoms with Crippen LogP contribution in [0.4, 0.5) is 0 Å². The van der Waals surface area contributed by atoms with Crippen LogP contribution >= 0.6 is 0 Å². The SMILES string of the molecule is CN1CCOCC1.O=C(O)C1NCC2CCCC21. The van der Waals surface area contributed by atoms with Gasteiger partial charge in [0.2, 0.25) is 0 Å². The van der Waals surface area contributed by atoms with Crippen molar-refractivity contribution in [2.75, 3.05) is 39.9 Å². The third-order valence-electron chi connectivity index (χ3n) is 4.25. The van der Waals surface area contributed by atoms with E-state index >= 15 is 0 Å². The molecule has 3 unspecified atom stereocenters. The predicted molar refractivity (Wildman–Crippen MR) is 68.6 cm³/mol. The number of aliphatic carboxylic acids is 1. The molecular weight excluding hydrogens is 232 g/mol. The zero-order valence-electron chi connectivity index (χ0n) is 11.1. The van der Waals surface area contributed by atoms with Crippen LogP contribution in [0.15, 0.2) is 0 Å². The fourth-order valence-electron chi connectivity index (χ4n) is 3.11. The summed E-state index contributed by atoms with van der Waals surface area (Å²) in [5, 5.41) is 11.9. The van der Waals surface area contributed by atoms with Crippen molar-refractivity contribution in [1.82, 2.24) is 10.2 Å². The molecule has 3 fully saturated rings. The molecule has 1 saturated carbocycles. The van der Waals surface area contributed by atoms with Crippen molar-refractivity contribution >= 4 is 5.97 Å². The van der Waals surface area contributed by atoms with Gasteiger partial charge in [0.15, 0.2) is 0 Å². The molecule has 0 aromatic heterocycles. The van der Waals surface area contributed by atoms with Crippen molar-refractivity contribution in [2.45, 2.75) is 25.3 Å². The number of likely N-dealkylation sites (N-methyl/N-ethyl adjacent to an activating group) is 1. The van der Waals surface area contributed by atoms with E-state index in [0.717, 1.165) is 39.3 Å². The van der Waals surface area contributed by atoms with Crippen molar-refractivity contribution < 1.29 is 14.6 Å². The number of rotatable bonds is 1. The number of carboxylic acid groups (broad SMARTS) is 1. The van der Waals surface area contributed by atoms with Crippen molar-refractivity contribution in [3.8, 4) is 0 Å². The first kappa shape index (κ1) is 13.8. The maximum atomic E-state index is 10.7. The van der Waals surface area contributed by atoms with Crippen LogP contribution in [0.5, 0.6) is 0 Å². The molecule has 0 amide bonds. The van der Waals surface area contributed by atoms with Gasteiger partial charge in [-0.3, -0.25) is 4.79 Å². The normalized spacial score (nSPS) is 35.7. The summed E-state index contributed by atoms with van der Waals surface area (Å²) in [4.78, 5) is 12.9. The van der Waals surface area contributed by atoms with Crippen molar-refractivity contribution in [3.63, 3.8) is 0 Å². The number of nitrogens with one attached hydrogen (secondary N) is 1. The van der Waals surface area contributed by atoms with Crippen LogP contribution in [-0.2, 0) is 9.53 Å². The molecule has 0 aromatic carbocycles. The molecule has 18 heavy (non-hydrogen) atoms. The summed E-state index contributed by atoms with van der Waals surface area (Å²) in [6, 6.07) is -0.248. The Hall–Kier alpha value is -0.650. The highest BCUT2D eigenvalue weighted by molar-refractivity contribution is 5.74. The van der Waals surface area contributed by atoms with E-state index in [9.17, 15) is 4.79 Å². The van der Waals surface area contributed by atoms with Crippen LogP contribution in [0.1, 0.15) is 19.3 Å². The molecule has 3 atom stereocenters. The number of nitrogens with zero attached hydrogens (tertiary/aromatic N) is 1. The molecule has 0 spiro atoms. The fraction of sp³-hybridized carbons (Fsp3) is 0.923. The average molecular weight is 256 g/mol. The Labute approximate surface area is 108 Å². The van der Waals surface area contributed by atoms with E-state index in [0.29, 0.717) is 11.8 Å². The summed E-state index contributed by atoms with van der Waals surface area (Å²) in [5.74, 6) is 0.406. The van der Waals surface area contributed by atoms with Crippen LogP contribution < -0.4 is 5.32 Å². The van der Waals surface area contributed by atoms with Gasteiger partial charge < -0.3 is 20.1 Å². The first-order valence-electron chi connectivity index (χ1n) is 6.91. The number of morpholine rings is 1. The second kappa shape index (κ2) is 6.50. The number of carbonyl (C=O) groups is 1. The smallest absolute Gasteiger partial charge is 0.320 e. The first-order valence-corrected chi connectivity index (χ1v) is 6.91. The van der Waals surface area contributed by atoms with E-state index in [2.05, 4.69) is 17.3 Å². The molecular formula is C13H24N2O3. The zero-order chi connectivity index (χ0) is 13.0. The highest BCUT2D eigenvalue weighted by Crippen LogP contribution is 2.37. The highest BCUT2D eigenvalue weighted by Gasteiger charge is 2.42. The monoisotopic (exact) mass is 256 g/mol. The zero-order valence-corrected chi connectivity index (χ0v) is 11.1. The second-order valence-electron chi connectivity index (χ2n) is 5.49. The van der Waals surface area contributed by atoms with Crippen LogP contribution in [0.2, 0.25) is 0 Å². The largest absolute Gasteiger partial charge is 0.480 e. The van der Waals surface area contributed by atoms with Crippen molar-refractivity contribution in [3.05, 3.63) is 0 Å². The average Bonchev–Trinajstić information content (AvgIpc) is 2.91. The Morgan fingerprint density at radius 3 is 2.61 bits per heavy atom. The highest BCUT2D eigenvalue weighted by atomic mass is 16.5. The molecule has 2 aliphatic heterocycles. The minimum absolute atomic E-state index is 0.248. The summed E-state index contributed by atoms with van der Waals surface area (Å²) in [5.41, 5.74) is 0. The Morgan fingerprint density at radius 2 is 2.06 bits per heavy atom. The number of hydrogen-bond donors (Lipinski definition) is 2. The van der Waals surface area contributed by atoms with Gasteiger partial charge in [-0.25, -0.2) is 0 Å². The number of hydrogen-bond acceptors (Lipinski definition) is 4. The van der Waals surface area contributed by atoms with Gasteiger partial charge in [-0.15, -0.1) is 0 Å². The summed E-state index contributed by atoms with van der Waals surface area (Å²) in [6.45, 7) is 4.94.